The van der Waals surface area contributed by atoms with Crippen LogP contribution >= 0.6 is 0 Å². The molecule has 1 aromatic rings. The molecule has 7 heteroatoms. The highest BCUT2D eigenvalue weighted by Crippen LogP contribution is 2.28. The van der Waals surface area contributed by atoms with Crippen LogP contribution in [0.1, 0.15) is 0 Å². The van der Waals surface area contributed by atoms with Gasteiger partial charge in [0.2, 0.25) is 0 Å². The van der Waals surface area contributed by atoms with Crippen molar-refractivity contribution in [2.75, 3.05) is 11.5 Å². The maximum Gasteiger partial charge on any atom is 0.573 e. The Labute approximate surface area is 71.3 Å². The van der Waals surface area contributed by atoms with Crippen molar-refractivity contribution in [1.82, 2.24) is 4.98 Å². The number of hydrogen-bond acceptors (Lipinski definition) is 4. The van der Waals surface area contributed by atoms with Crippen LogP contribution < -0.4 is 16.2 Å². The first-order chi connectivity index (χ1) is 5.88. The highest BCUT2D eigenvalue weighted by Gasteiger charge is 2.32. The zero-order valence-corrected chi connectivity index (χ0v) is 6.30. The Kier molecular flexibility index (Phi) is 2.18. The van der Waals surface area contributed by atoms with E-state index < -0.39 is 12.1 Å². The van der Waals surface area contributed by atoms with Gasteiger partial charge in [-0.3, -0.25) is 0 Å². The molecule has 0 aliphatic rings. The summed E-state index contributed by atoms with van der Waals surface area (Å²) in [5.74, 6) is -0.631. The van der Waals surface area contributed by atoms with Gasteiger partial charge in [0.1, 0.15) is 5.82 Å². The third kappa shape index (κ3) is 2.69. The van der Waals surface area contributed by atoms with Crippen molar-refractivity contribution in [2.24, 2.45) is 0 Å². The summed E-state index contributed by atoms with van der Waals surface area (Å²) in [7, 11) is 0. The molecule has 13 heavy (non-hydrogen) atoms. The Morgan fingerprint density at radius 3 is 2.46 bits per heavy atom. The largest absolute Gasteiger partial charge is 0.573 e. The molecule has 72 valence electrons. The lowest BCUT2D eigenvalue weighted by atomic mass is 10.4. The molecule has 1 heterocycles. The zero-order chi connectivity index (χ0) is 10.1. The zero-order valence-electron chi connectivity index (χ0n) is 6.30. The maximum atomic E-state index is 11.7. The number of halogens is 3. The lowest BCUT2D eigenvalue weighted by Gasteiger charge is -2.10. The van der Waals surface area contributed by atoms with Gasteiger partial charge in [-0.2, -0.15) is 0 Å². The van der Waals surface area contributed by atoms with Gasteiger partial charge in [-0.05, 0) is 0 Å². The average Bonchev–Trinajstić information content (AvgIpc) is 1.94. The smallest absolute Gasteiger partial charge is 0.403 e. The van der Waals surface area contributed by atoms with Crippen LogP contribution in [-0.2, 0) is 0 Å². The molecule has 0 fully saturated rings. The molecule has 4 N–H and O–H groups in total. The summed E-state index contributed by atoms with van der Waals surface area (Å²) in [4.78, 5) is 3.47. The molecule has 0 radical (unpaired) electrons. The van der Waals surface area contributed by atoms with Gasteiger partial charge in [0.05, 0.1) is 11.9 Å². The highest BCUT2D eigenvalue weighted by molar-refractivity contribution is 5.55. The normalized spacial score (nSPS) is 11.3. The van der Waals surface area contributed by atoms with Crippen LogP contribution in [0.15, 0.2) is 12.3 Å². The molecule has 0 unspecified atom stereocenters. The van der Waals surface area contributed by atoms with E-state index in [-0.39, 0.29) is 11.5 Å². The van der Waals surface area contributed by atoms with E-state index in [1.54, 1.807) is 0 Å². The molecule has 0 atom stereocenters. The number of nitrogens with two attached hydrogens (primary N) is 2. The summed E-state index contributed by atoms with van der Waals surface area (Å²) in [6, 6.07) is 0.906. The molecule has 1 rings (SSSR count). The molecule has 1 aromatic heterocycles. The van der Waals surface area contributed by atoms with Crippen molar-refractivity contribution in [3.8, 4) is 5.75 Å². The lowest BCUT2D eigenvalue weighted by Crippen LogP contribution is -2.18. The fraction of sp³-hybridized carbons (Fsp3) is 0.167. The van der Waals surface area contributed by atoms with E-state index in [1.165, 1.54) is 0 Å². The molecule has 0 saturated heterocycles. The van der Waals surface area contributed by atoms with Gasteiger partial charge in [-0.15, -0.1) is 13.2 Å². The van der Waals surface area contributed by atoms with E-state index in [0.717, 1.165) is 12.3 Å². The van der Waals surface area contributed by atoms with E-state index in [0.29, 0.717) is 0 Å². The van der Waals surface area contributed by atoms with Crippen LogP contribution in [0.4, 0.5) is 24.7 Å². The first-order valence-corrected chi connectivity index (χ1v) is 3.15. The number of alkyl halides is 3. The molecule has 4 nitrogen and oxygen atoms in total. The fourth-order valence-electron chi connectivity index (χ4n) is 0.676. The molecule has 0 bridgehead atoms. The summed E-state index contributed by atoms with van der Waals surface area (Å²) < 4.78 is 38.7. The first-order valence-electron chi connectivity index (χ1n) is 3.15. The van der Waals surface area contributed by atoms with Gasteiger partial charge in [0.15, 0.2) is 5.75 Å². The van der Waals surface area contributed by atoms with E-state index in [2.05, 4.69) is 9.72 Å². The number of aromatic nitrogens is 1. The van der Waals surface area contributed by atoms with Crippen LogP contribution in [0.25, 0.3) is 0 Å². The Balaban J connectivity index is 2.94. The Morgan fingerprint density at radius 1 is 1.31 bits per heavy atom. The van der Waals surface area contributed by atoms with Gasteiger partial charge in [-0.1, -0.05) is 0 Å². The first kappa shape index (κ1) is 9.43. The summed E-state index contributed by atoms with van der Waals surface area (Å²) >= 11 is 0. The van der Waals surface area contributed by atoms with E-state index in [4.69, 9.17) is 11.5 Å². The second-order valence-electron chi connectivity index (χ2n) is 2.19. The number of nitrogen functional groups attached to an aromatic ring is 2. The van der Waals surface area contributed by atoms with Crippen molar-refractivity contribution >= 4 is 11.5 Å². The summed E-state index contributed by atoms with van der Waals surface area (Å²) in [5, 5.41) is 0. The van der Waals surface area contributed by atoms with Crippen molar-refractivity contribution in [3.05, 3.63) is 12.3 Å². The van der Waals surface area contributed by atoms with Crippen molar-refractivity contribution in [2.45, 2.75) is 6.36 Å². The number of hydrogen-bond donors (Lipinski definition) is 2. The second-order valence-corrected chi connectivity index (χ2v) is 2.19. The second kappa shape index (κ2) is 3.00. The Hall–Kier alpha value is -1.66. The molecular formula is C6H6F3N3O. The van der Waals surface area contributed by atoms with E-state index >= 15 is 0 Å². The standard InChI is InChI=1S/C6H6F3N3O/c7-6(8,9)13-4-1-5(11)12-2-3(4)10/h1-2H,10H2,(H2,11,12). The SMILES string of the molecule is Nc1cc(OC(F)(F)F)c(N)cn1. The van der Waals surface area contributed by atoms with Gasteiger partial charge in [0, 0.05) is 6.07 Å². The summed E-state index contributed by atoms with van der Waals surface area (Å²) in [6.07, 6.45) is -3.78. The van der Waals surface area contributed by atoms with Gasteiger partial charge < -0.3 is 16.2 Å². The molecule has 0 aromatic carbocycles. The van der Waals surface area contributed by atoms with Crippen LogP contribution in [0.5, 0.6) is 5.75 Å². The molecule has 0 aliphatic carbocycles. The number of rotatable bonds is 1. The van der Waals surface area contributed by atoms with Crippen LogP contribution in [-0.4, -0.2) is 11.3 Å². The number of ether oxygens (including phenoxy) is 1. The van der Waals surface area contributed by atoms with E-state index in [9.17, 15) is 13.2 Å². The van der Waals surface area contributed by atoms with Gasteiger partial charge in [0.25, 0.3) is 0 Å². The van der Waals surface area contributed by atoms with Gasteiger partial charge in [-0.25, -0.2) is 4.98 Å². The van der Waals surface area contributed by atoms with Crippen molar-refractivity contribution in [1.29, 1.82) is 0 Å². The lowest BCUT2D eigenvalue weighted by molar-refractivity contribution is -0.274. The predicted molar refractivity (Wildman–Crippen MR) is 39.7 cm³/mol. The molecule has 0 saturated carbocycles. The minimum absolute atomic E-state index is 0.0894. The monoisotopic (exact) mass is 193 g/mol. The van der Waals surface area contributed by atoms with Crippen LogP contribution in [0.3, 0.4) is 0 Å². The maximum absolute atomic E-state index is 11.7. The Morgan fingerprint density at radius 2 is 1.92 bits per heavy atom. The minimum Gasteiger partial charge on any atom is -0.403 e. The summed E-state index contributed by atoms with van der Waals surface area (Å²) in [5.41, 5.74) is 10.1. The highest BCUT2D eigenvalue weighted by atomic mass is 19.4. The van der Waals surface area contributed by atoms with Crippen molar-refractivity contribution < 1.29 is 17.9 Å². The average molecular weight is 193 g/mol. The number of nitrogens with zero attached hydrogens (tertiary/aromatic N) is 1. The van der Waals surface area contributed by atoms with Gasteiger partial charge >= 0.3 is 6.36 Å². The number of pyridine rings is 1. The molecular weight excluding hydrogens is 187 g/mol. The minimum atomic E-state index is -4.78. The summed E-state index contributed by atoms with van der Waals surface area (Å²) in [6.45, 7) is 0. The third-order valence-electron chi connectivity index (χ3n) is 1.14. The third-order valence-corrected chi connectivity index (χ3v) is 1.14. The molecule has 0 aliphatic heterocycles. The predicted octanol–water partition coefficient (Wildman–Crippen LogP) is 1.14. The molecule has 0 spiro atoms. The van der Waals surface area contributed by atoms with Crippen molar-refractivity contribution in [3.63, 3.8) is 0 Å². The van der Waals surface area contributed by atoms with Crippen LogP contribution in [0, 0.1) is 0 Å². The van der Waals surface area contributed by atoms with Crippen LogP contribution in [0.2, 0.25) is 0 Å². The Bertz CT molecular complexity index is 312. The molecule has 0 amide bonds. The fourth-order valence-corrected chi connectivity index (χ4v) is 0.676. The topological polar surface area (TPSA) is 74.2 Å². The quantitative estimate of drug-likeness (QED) is 0.701. The number of anilines is 2. The van der Waals surface area contributed by atoms with E-state index in [1.807, 2.05) is 0 Å².